The average Bonchev–Trinajstić information content (AvgIpc) is 2.97. The number of imidazole rings is 1. The molecule has 0 saturated heterocycles. The smallest absolute Gasteiger partial charge is 0.251 e. The molecule has 1 aromatic carbocycles. The lowest BCUT2D eigenvalue weighted by Gasteiger charge is -2.09. The zero-order chi connectivity index (χ0) is 13.7. The molecule has 0 radical (unpaired) electrons. The molecule has 0 aliphatic heterocycles. The molecular weight excluding hydrogens is 246 g/mol. The van der Waals surface area contributed by atoms with Crippen molar-refractivity contribution in [2.45, 2.75) is 6.54 Å². The van der Waals surface area contributed by atoms with Crippen LogP contribution in [0.4, 0.5) is 0 Å². The van der Waals surface area contributed by atoms with Gasteiger partial charge in [0.2, 0.25) is 0 Å². The van der Waals surface area contributed by atoms with Gasteiger partial charge in [0.25, 0.3) is 5.91 Å². The lowest BCUT2D eigenvalue weighted by Crippen LogP contribution is -2.23. The van der Waals surface area contributed by atoms with Crippen LogP contribution in [0.2, 0.25) is 0 Å². The summed E-state index contributed by atoms with van der Waals surface area (Å²) in [7, 11) is 3.08. The van der Waals surface area contributed by atoms with Gasteiger partial charge in [-0.3, -0.25) is 4.79 Å². The van der Waals surface area contributed by atoms with Crippen LogP contribution in [0.3, 0.4) is 0 Å². The lowest BCUT2D eigenvalue weighted by atomic mass is 10.2. The molecule has 0 unspecified atom stereocenters. The number of carbonyl (C=O) groups is 1. The molecule has 1 heterocycles. The second-order valence-electron chi connectivity index (χ2n) is 3.79. The first-order valence-electron chi connectivity index (χ1n) is 5.73. The van der Waals surface area contributed by atoms with E-state index in [1.165, 1.54) is 7.11 Å². The first-order valence-corrected chi connectivity index (χ1v) is 5.73. The molecule has 1 amide bonds. The van der Waals surface area contributed by atoms with Crippen LogP contribution >= 0.6 is 0 Å². The number of rotatable bonds is 5. The molecule has 100 valence electrons. The van der Waals surface area contributed by atoms with E-state index in [1.807, 2.05) is 0 Å². The van der Waals surface area contributed by atoms with E-state index < -0.39 is 0 Å². The molecule has 0 spiro atoms. The highest BCUT2D eigenvalue weighted by atomic mass is 16.5. The molecule has 0 saturated carbocycles. The van der Waals surface area contributed by atoms with Crippen molar-refractivity contribution in [3.8, 4) is 11.5 Å². The van der Waals surface area contributed by atoms with Gasteiger partial charge in [0.05, 0.1) is 20.8 Å². The summed E-state index contributed by atoms with van der Waals surface area (Å²) in [6.45, 7) is 0.347. The largest absolute Gasteiger partial charge is 0.493 e. The molecule has 0 aliphatic carbocycles. The van der Waals surface area contributed by atoms with Crippen molar-refractivity contribution >= 4 is 5.91 Å². The van der Waals surface area contributed by atoms with E-state index in [-0.39, 0.29) is 5.91 Å². The van der Waals surface area contributed by atoms with E-state index in [1.54, 1.807) is 37.7 Å². The fourth-order valence-corrected chi connectivity index (χ4v) is 1.64. The Balaban J connectivity index is 2.06. The van der Waals surface area contributed by atoms with E-state index in [0.717, 1.165) is 0 Å². The van der Waals surface area contributed by atoms with Gasteiger partial charge in [-0.15, -0.1) is 0 Å². The van der Waals surface area contributed by atoms with Crippen molar-refractivity contribution in [2.75, 3.05) is 14.2 Å². The molecule has 2 N–H and O–H groups in total. The molecule has 2 rings (SSSR count). The van der Waals surface area contributed by atoms with Crippen LogP contribution in [0, 0.1) is 0 Å². The zero-order valence-electron chi connectivity index (χ0n) is 10.8. The summed E-state index contributed by atoms with van der Waals surface area (Å²) in [6, 6.07) is 5.01. The second-order valence-corrected chi connectivity index (χ2v) is 3.79. The summed E-state index contributed by atoms with van der Waals surface area (Å²) < 4.78 is 10.3. The Bertz CT molecular complexity index is 552. The molecule has 6 nitrogen and oxygen atoms in total. The Morgan fingerprint density at radius 2 is 2.11 bits per heavy atom. The highest BCUT2D eigenvalue weighted by Gasteiger charge is 2.10. The number of ether oxygens (including phenoxy) is 2. The third-order valence-corrected chi connectivity index (χ3v) is 2.62. The minimum atomic E-state index is -0.197. The van der Waals surface area contributed by atoms with Crippen LogP contribution in [-0.4, -0.2) is 30.1 Å². The van der Waals surface area contributed by atoms with E-state index in [9.17, 15) is 4.79 Å². The summed E-state index contributed by atoms with van der Waals surface area (Å²) in [6.07, 6.45) is 3.34. The van der Waals surface area contributed by atoms with Gasteiger partial charge >= 0.3 is 0 Å². The number of aromatic amines is 1. The predicted octanol–water partition coefficient (Wildman–Crippen LogP) is 1.36. The van der Waals surface area contributed by atoms with E-state index in [4.69, 9.17) is 9.47 Å². The Morgan fingerprint density at radius 1 is 1.32 bits per heavy atom. The summed E-state index contributed by atoms with van der Waals surface area (Å²) in [5, 5.41) is 2.76. The van der Waals surface area contributed by atoms with Crippen LogP contribution in [0.5, 0.6) is 11.5 Å². The van der Waals surface area contributed by atoms with Crippen molar-refractivity contribution in [3.63, 3.8) is 0 Å². The third kappa shape index (κ3) is 3.04. The summed E-state index contributed by atoms with van der Waals surface area (Å²) in [5.41, 5.74) is 0.504. The van der Waals surface area contributed by atoms with Crippen molar-refractivity contribution in [1.29, 1.82) is 0 Å². The van der Waals surface area contributed by atoms with Gasteiger partial charge in [-0.2, -0.15) is 0 Å². The minimum absolute atomic E-state index is 0.197. The maximum Gasteiger partial charge on any atom is 0.251 e. The third-order valence-electron chi connectivity index (χ3n) is 2.62. The quantitative estimate of drug-likeness (QED) is 0.852. The Labute approximate surface area is 110 Å². The molecule has 2 aromatic rings. The van der Waals surface area contributed by atoms with Crippen molar-refractivity contribution < 1.29 is 14.3 Å². The molecule has 19 heavy (non-hydrogen) atoms. The fraction of sp³-hybridized carbons (Fsp3) is 0.231. The normalized spacial score (nSPS) is 10.0. The molecule has 0 fully saturated rings. The van der Waals surface area contributed by atoms with Crippen molar-refractivity contribution in [2.24, 2.45) is 0 Å². The molecule has 0 bridgehead atoms. The van der Waals surface area contributed by atoms with Crippen molar-refractivity contribution in [1.82, 2.24) is 15.3 Å². The maximum absolute atomic E-state index is 12.0. The first-order chi connectivity index (χ1) is 9.24. The van der Waals surface area contributed by atoms with Gasteiger partial charge in [-0.25, -0.2) is 4.98 Å². The van der Waals surface area contributed by atoms with Crippen LogP contribution in [0.25, 0.3) is 0 Å². The zero-order valence-corrected chi connectivity index (χ0v) is 10.8. The standard InChI is InChI=1S/C13H15N3O3/c1-18-10-4-3-9(7-11(10)19-2)13(17)16-8-12-14-5-6-15-12/h3-7H,8H2,1-2H3,(H,14,15)(H,16,17). The molecular formula is C13H15N3O3. The van der Waals surface area contributed by atoms with Gasteiger partial charge in [-0.05, 0) is 18.2 Å². The summed E-state index contributed by atoms with van der Waals surface area (Å²) >= 11 is 0. The number of benzene rings is 1. The fourth-order valence-electron chi connectivity index (χ4n) is 1.64. The monoisotopic (exact) mass is 261 g/mol. The second kappa shape index (κ2) is 5.90. The number of methoxy groups -OCH3 is 2. The van der Waals surface area contributed by atoms with Crippen LogP contribution in [-0.2, 0) is 6.54 Å². The highest BCUT2D eigenvalue weighted by Crippen LogP contribution is 2.27. The average molecular weight is 261 g/mol. The van der Waals surface area contributed by atoms with E-state index in [0.29, 0.717) is 29.4 Å². The van der Waals surface area contributed by atoms with Gasteiger partial charge < -0.3 is 19.8 Å². The number of aromatic nitrogens is 2. The van der Waals surface area contributed by atoms with Gasteiger partial charge in [0, 0.05) is 18.0 Å². The lowest BCUT2D eigenvalue weighted by molar-refractivity contribution is 0.0949. The number of nitrogens with one attached hydrogen (secondary N) is 2. The van der Waals surface area contributed by atoms with Crippen LogP contribution < -0.4 is 14.8 Å². The molecule has 6 heteroatoms. The van der Waals surface area contributed by atoms with Gasteiger partial charge in [0.15, 0.2) is 11.5 Å². The maximum atomic E-state index is 12.0. The van der Waals surface area contributed by atoms with E-state index >= 15 is 0 Å². The first kappa shape index (κ1) is 12.9. The number of nitrogens with zero attached hydrogens (tertiary/aromatic N) is 1. The highest BCUT2D eigenvalue weighted by molar-refractivity contribution is 5.94. The van der Waals surface area contributed by atoms with Crippen LogP contribution in [0.1, 0.15) is 16.2 Å². The molecule has 0 atom stereocenters. The number of hydrogen-bond acceptors (Lipinski definition) is 4. The Hall–Kier alpha value is -2.50. The number of amides is 1. The predicted molar refractivity (Wildman–Crippen MR) is 69.3 cm³/mol. The summed E-state index contributed by atoms with van der Waals surface area (Å²) in [4.78, 5) is 18.9. The van der Waals surface area contributed by atoms with Gasteiger partial charge in [0.1, 0.15) is 5.82 Å². The summed E-state index contributed by atoms with van der Waals surface area (Å²) in [5.74, 6) is 1.62. The minimum Gasteiger partial charge on any atom is -0.493 e. The Kier molecular flexibility index (Phi) is 4.02. The van der Waals surface area contributed by atoms with Crippen molar-refractivity contribution in [3.05, 3.63) is 42.0 Å². The topological polar surface area (TPSA) is 76.2 Å². The Morgan fingerprint density at radius 3 is 2.74 bits per heavy atom. The molecule has 1 aromatic heterocycles. The van der Waals surface area contributed by atoms with Crippen LogP contribution in [0.15, 0.2) is 30.6 Å². The molecule has 0 aliphatic rings. The number of H-pyrrole nitrogens is 1. The SMILES string of the molecule is COc1ccc(C(=O)NCc2ncc[nH]2)cc1OC. The van der Waals surface area contributed by atoms with E-state index in [2.05, 4.69) is 15.3 Å². The number of hydrogen-bond donors (Lipinski definition) is 2. The van der Waals surface area contributed by atoms with Gasteiger partial charge in [-0.1, -0.05) is 0 Å². The number of carbonyl (C=O) groups excluding carboxylic acids is 1.